The number of likely N-dealkylation sites (tertiary alicyclic amines) is 1. The first-order valence-electron chi connectivity index (χ1n) is 7.56. The zero-order chi connectivity index (χ0) is 13.9. The Morgan fingerprint density at radius 3 is 3.05 bits per heavy atom. The topological polar surface area (TPSA) is 40.8 Å². The maximum absolute atomic E-state index is 9.21. The number of imidazole rings is 1. The van der Waals surface area contributed by atoms with E-state index in [4.69, 9.17) is 4.98 Å². The van der Waals surface area contributed by atoms with E-state index in [-0.39, 0.29) is 6.61 Å². The summed E-state index contributed by atoms with van der Waals surface area (Å²) in [6.07, 6.45) is 6.77. The van der Waals surface area contributed by atoms with Crippen molar-refractivity contribution in [3.05, 3.63) is 35.8 Å². The van der Waals surface area contributed by atoms with Gasteiger partial charge in [-0.15, -0.1) is 0 Å². The van der Waals surface area contributed by atoms with Crippen molar-refractivity contribution < 1.29 is 5.11 Å². The standard InChI is InChI=1S/C16H23N3O/c1-13-5-4-7-16-17-14(12-19(13)16)11-18-9-3-2-6-15(18)8-10-20/h4-5,7,12,15,20H,2-3,6,8-11H2,1H3. The molecule has 0 saturated carbocycles. The third-order valence-corrected chi connectivity index (χ3v) is 4.32. The fraction of sp³-hybridized carbons (Fsp3) is 0.562. The van der Waals surface area contributed by atoms with Crippen LogP contribution in [-0.4, -0.2) is 38.6 Å². The minimum Gasteiger partial charge on any atom is -0.396 e. The van der Waals surface area contributed by atoms with Crippen LogP contribution in [0.2, 0.25) is 0 Å². The maximum Gasteiger partial charge on any atom is 0.137 e. The first kappa shape index (κ1) is 13.6. The summed E-state index contributed by atoms with van der Waals surface area (Å²) in [7, 11) is 0. The summed E-state index contributed by atoms with van der Waals surface area (Å²) < 4.78 is 2.15. The zero-order valence-corrected chi connectivity index (χ0v) is 12.1. The molecule has 0 bridgehead atoms. The molecule has 3 heterocycles. The largest absolute Gasteiger partial charge is 0.396 e. The fourth-order valence-corrected chi connectivity index (χ4v) is 3.23. The molecule has 0 spiro atoms. The third-order valence-electron chi connectivity index (χ3n) is 4.32. The number of nitrogens with zero attached hydrogens (tertiary/aromatic N) is 3. The second kappa shape index (κ2) is 5.94. The van der Waals surface area contributed by atoms with E-state index in [1.54, 1.807) is 0 Å². The van der Waals surface area contributed by atoms with Gasteiger partial charge in [-0.1, -0.05) is 12.5 Å². The monoisotopic (exact) mass is 273 g/mol. The summed E-state index contributed by atoms with van der Waals surface area (Å²) in [5.41, 5.74) is 3.37. The van der Waals surface area contributed by atoms with E-state index < -0.39 is 0 Å². The number of fused-ring (bicyclic) bond motifs is 1. The van der Waals surface area contributed by atoms with E-state index in [0.29, 0.717) is 6.04 Å². The summed E-state index contributed by atoms with van der Waals surface area (Å²) >= 11 is 0. The van der Waals surface area contributed by atoms with Crippen LogP contribution in [0, 0.1) is 6.92 Å². The highest BCUT2D eigenvalue weighted by Gasteiger charge is 2.22. The molecule has 2 aromatic rings. The average molecular weight is 273 g/mol. The van der Waals surface area contributed by atoms with E-state index in [2.05, 4.69) is 40.6 Å². The fourth-order valence-electron chi connectivity index (χ4n) is 3.23. The first-order chi connectivity index (χ1) is 9.78. The van der Waals surface area contributed by atoms with Gasteiger partial charge in [0.2, 0.25) is 0 Å². The molecule has 20 heavy (non-hydrogen) atoms. The van der Waals surface area contributed by atoms with E-state index in [9.17, 15) is 5.11 Å². The molecule has 1 fully saturated rings. The minimum absolute atomic E-state index is 0.283. The molecule has 1 N–H and O–H groups in total. The second-order valence-corrected chi connectivity index (χ2v) is 5.76. The van der Waals surface area contributed by atoms with Crippen molar-refractivity contribution >= 4 is 5.65 Å². The highest BCUT2D eigenvalue weighted by atomic mass is 16.3. The van der Waals surface area contributed by atoms with E-state index >= 15 is 0 Å². The van der Waals surface area contributed by atoms with Crippen LogP contribution in [0.3, 0.4) is 0 Å². The third kappa shape index (κ3) is 2.72. The lowest BCUT2D eigenvalue weighted by molar-refractivity contribution is 0.111. The highest BCUT2D eigenvalue weighted by molar-refractivity contribution is 5.41. The van der Waals surface area contributed by atoms with Gasteiger partial charge in [0, 0.05) is 31.1 Å². The summed E-state index contributed by atoms with van der Waals surface area (Å²) in [6, 6.07) is 6.72. The average Bonchev–Trinajstić information content (AvgIpc) is 2.85. The summed E-state index contributed by atoms with van der Waals surface area (Å²) in [5, 5.41) is 9.21. The summed E-state index contributed by atoms with van der Waals surface area (Å²) in [5.74, 6) is 0. The molecule has 1 atom stereocenters. The normalized spacial score (nSPS) is 20.6. The zero-order valence-electron chi connectivity index (χ0n) is 12.1. The minimum atomic E-state index is 0.283. The first-order valence-corrected chi connectivity index (χ1v) is 7.56. The lowest BCUT2D eigenvalue weighted by Gasteiger charge is -2.34. The molecule has 0 radical (unpaired) electrons. The number of aliphatic hydroxyl groups excluding tert-OH is 1. The number of aryl methyl sites for hydroxylation is 1. The number of hydrogen-bond acceptors (Lipinski definition) is 3. The summed E-state index contributed by atoms with van der Waals surface area (Å²) in [6.45, 7) is 4.41. The Labute approximate surface area is 120 Å². The van der Waals surface area contributed by atoms with Crippen molar-refractivity contribution in [2.45, 2.75) is 45.2 Å². The van der Waals surface area contributed by atoms with Gasteiger partial charge >= 0.3 is 0 Å². The predicted molar refractivity (Wildman–Crippen MR) is 79.7 cm³/mol. The molecule has 1 unspecified atom stereocenters. The Hall–Kier alpha value is -1.39. The van der Waals surface area contributed by atoms with Crippen LogP contribution >= 0.6 is 0 Å². The smallest absolute Gasteiger partial charge is 0.137 e. The van der Waals surface area contributed by atoms with Crippen LogP contribution in [0.5, 0.6) is 0 Å². The maximum atomic E-state index is 9.21. The van der Waals surface area contributed by atoms with Crippen LogP contribution in [0.15, 0.2) is 24.4 Å². The number of piperidine rings is 1. The van der Waals surface area contributed by atoms with Crippen molar-refractivity contribution in [1.82, 2.24) is 14.3 Å². The molecule has 3 rings (SSSR count). The number of rotatable bonds is 4. The molecule has 108 valence electrons. The van der Waals surface area contributed by atoms with Gasteiger partial charge in [-0.25, -0.2) is 4.98 Å². The highest BCUT2D eigenvalue weighted by Crippen LogP contribution is 2.22. The van der Waals surface area contributed by atoms with E-state index in [1.165, 1.54) is 25.0 Å². The van der Waals surface area contributed by atoms with E-state index in [1.807, 2.05) is 0 Å². The van der Waals surface area contributed by atoms with Crippen LogP contribution in [0.1, 0.15) is 37.1 Å². The molecule has 2 aromatic heterocycles. The lowest BCUT2D eigenvalue weighted by atomic mass is 9.99. The van der Waals surface area contributed by atoms with Crippen LogP contribution in [-0.2, 0) is 6.54 Å². The number of hydrogen-bond donors (Lipinski definition) is 1. The summed E-state index contributed by atoms with van der Waals surface area (Å²) in [4.78, 5) is 7.20. The van der Waals surface area contributed by atoms with Crippen molar-refractivity contribution in [1.29, 1.82) is 0 Å². The SMILES string of the molecule is Cc1cccc2nc(CN3CCCCC3CCO)cn12. The quantitative estimate of drug-likeness (QED) is 0.930. The van der Waals surface area contributed by atoms with Crippen molar-refractivity contribution in [3.63, 3.8) is 0 Å². The van der Waals surface area contributed by atoms with Crippen molar-refractivity contribution in [3.8, 4) is 0 Å². The Kier molecular flexibility index (Phi) is 4.03. The molecular formula is C16H23N3O. The Bertz CT molecular complexity index is 576. The van der Waals surface area contributed by atoms with Crippen molar-refractivity contribution in [2.75, 3.05) is 13.2 Å². The molecule has 1 aliphatic heterocycles. The Morgan fingerprint density at radius 2 is 2.25 bits per heavy atom. The number of aromatic nitrogens is 2. The number of pyridine rings is 1. The molecule has 1 saturated heterocycles. The van der Waals surface area contributed by atoms with Crippen molar-refractivity contribution in [2.24, 2.45) is 0 Å². The molecular weight excluding hydrogens is 250 g/mol. The molecule has 4 heteroatoms. The second-order valence-electron chi connectivity index (χ2n) is 5.76. The van der Waals surface area contributed by atoms with Gasteiger partial charge in [-0.05, 0) is 44.9 Å². The van der Waals surface area contributed by atoms with Gasteiger partial charge in [0.25, 0.3) is 0 Å². The van der Waals surface area contributed by atoms with Crippen LogP contribution < -0.4 is 0 Å². The number of aliphatic hydroxyl groups is 1. The van der Waals surface area contributed by atoms with E-state index in [0.717, 1.165) is 30.9 Å². The van der Waals surface area contributed by atoms with Gasteiger partial charge in [-0.2, -0.15) is 0 Å². The molecule has 0 aliphatic carbocycles. The van der Waals surface area contributed by atoms with Gasteiger partial charge in [0.05, 0.1) is 5.69 Å². The molecule has 0 aromatic carbocycles. The lowest BCUT2D eigenvalue weighted by Crippen LogP contribution is -2.39. The predicted octanol–water partition coefficient (Wildman–Crippen LogP) is 2.38. The molecule has 0 amide bonds. The van der Waals surface area contributed by atoms with Gasteiger partial charge in [-0.3, -0.25) is 4.90 Å². The van der Waals surface area contributed by atoms with Gasteiger partial charge < -0.3 is 9.51 Å². The Morgan fingerprint density at radius 1 is 1.35 bits per heavy atom. The Balaban J connectivity index is 1.79. The van der Waals surface area contributed by atoms with Gasteiger partial charge in [0.15, 0.2) is 0 Å². The van der Waals surface area contributed by atoms with Gasteiger partial charge in [0.1, 0.15) is 5.65 Å². The van der Waals surface area contributed by atoms with Crippen LogP contribution in [0.4, 0.5) is 0 Å². The van der Waals surface area contributed by atoms with Crippen LogP contribution in [0.25, 0.3) is 5.65 Å². The molecule has 1 aliphatic rings. The molecule has 4 nitrogen and oxygen atoms in total.